The van der Waals surface area contributed by atoms with Crippen molar-refractivity contribution >= 4 is 16.8 Å². The van der Waals surface area contributed by atoms with E-state index in [-0.39, 0.29) is 11.3 Å². The fourth-order valence-electron chi connectivity index (χ4n) is 2.20. The third kappa shape index (κ3) is 2.01. The number of aromatic amines is 1. The summed E-state index contributed by atoms with van der Waals surface area (Å²) >= 11 is 0. The van der Waals surface area contributed by atoms with Crippen molar-refractivity contribution in [1.82, 2.24) is 10.3 Å². The second-order valence-corrected chi connectivity index (χ2v) is 5.63. The number of H-pyrrole nitrogens is 1. The molecule has 1 fully saturated rings. The Morgan fingerprint density at radius 3 is 2.89 bits per heavy atom. The van der Waals surface area contributed by atoms with Gasteiger partial charge >= 0.3 is 0 Å². The maximum Gasteiger partial charge on any atom is 0.226 e. The van der Waals surface area contributed by atoms with E-state index in [1.54, 1.807) is 0 Å². The van der Waals surface area contributed by atoms with E-state index < -0.39 is 0 Å². The van der Waals surface area contributed by atoms with E-state index in [1.807, 2.05) is 6.92 Å². The lowest BCUT2D eigenvalue weighted by molar-refractivity contribution is -0.125. The molecule has 18 heavy (non-hydrogen) atoms. The molecule has 0 spiro atoms. The summed E-state index contributed by atoms with van der Waals surface area (Å²) in [6.07, 6.45) is 2.04. The molecule has 1 aromatic heterocycles. The van der Waals surface area contributed by atoms with Crippen LogP contribution in [-0.2, 0) is 11.3 Å². The molecule has 1 amide bonds. The van der Waals surface area contributed by atoms with Crippen LogP contribution < -0.4 is 5.32 Å². The van der Waals surface area contributed by atoms with Crippen molar-refractivity contribution in [2.45, 2.75) is 33.2 Å². The molecular formula is C15H18N2O. The number of aromatic nitrogens is 1. The van der Waals surface area contributed by atoms with Crippen LogP contribution in [0.15, 0.2) is 24.3 Å². The van der Waals surface area contributed by atoms with Gasteiger partial charge in [-0.05, 0) is 42.8 Å². The average molecular weight is 242 g/mol. The molecule has 1 aromatic carbocycles. The van der Waals surface area contributed by atoms with Crippen LogP contribution in [0.5, 0.6) is 0 Å². The van der Waals surface area contributed by atoms with Crippen LogP contribution in [0.1, 0.15) is 31.0 Å². The Labute approximate surface area is 107 Å². The number of amides is 1. The van der Waals surface area contributed by atoms with E-state index >= 15 is 0 Å². The summed E-state index contributed by atoms with van der Waals surface area (Å²) in [6, 6.07) is 8.44. The van der Waals surface area contributed by atoms with Crippen molar-refractivity contribution in [3.63, 3.8) is 0 Å². The minimum Gasteiger partial charge on any atom is -0.357 e. The predicted octanol–water partition coefficient (Wildman–Crippen LogP) is 2.89. The average Bonchev–Trinajstić information content (AvgIpc) is 2.96. The van der Waals surface area contributed by atoms with Crippen molar-refractivity contribution in [3.8, 4) is 0 Å². The first kappa shape index (κ1) is 11.3. The van der Waals surface area contributed by atoms with Crippen LogP contribution in [0.3, 0.4) is 0 Å². The van der Waals surface area contributed by atoms with Gasteiger partial charge in [-0.2, -0.15) is 0 Å². The molecular weight excluding hydrogens is 224 g/mol. The van der Waals surface area contributed by atoms with E-state index in [1.165, 1.54) is 10.9 Å². The number of carbonyl (C=O) groups excluding carboxylic acids is 1. The Morgan fingerprint density at radius 1 is 1.39 bits per heavy atom. The number of aryl methyl sites for hydroxylation is 1. The summed E-state index contributed by atoms with van der Waals surface area (Å²) in [6.45, 7) is 4.69. The van der Waals surface area contributed by atoms with E-state index in [4.69, 9.17) is 0 Å². The van der Waals surface area contributed by atoms with Gasteiger partial charge in [0.2, 0.25) is 5.91 Å². The van der Waals surface area contributed by atoms with E-state index in [0.29, 0.717) is 6.54 Å². The second kappa shape index (κ2) is 3.87. The van der Waals surface area contributed by atoms with Crippen molar-refractivity contribution in [1.29, 1.82) is 0 Å². The van der Waals surface area contributed by atoms with Crippen LogP contribution in [0.4, 0.5) is 0 Å². The molecule has 0 aliphatic heterocycles. The quantitative estimate of drug-likeness (QED) is 0.854. The van der Waals surface area contributed by atoms with Crippen molar-refractivity contribution < 1.29 is 4.79 Å². The zero-order valence-corrected chi connectivity index (χ0v) is 10.8. The molecule has 0 bridgehead atoms. The number of benzene rings is 1. The maximum absolute atomic E-state index is 11.8. The van der Waals surface area contributed by atoms with Gasteiger partial charge in [0.1, 0.15) is 0 Å². The highest BCUT2D eigenvalue weighted by molar-refractivity contribution is 5.85. The lowest BCUT2D eigenvalue weighted by atomic mass is 10.1. The molecule has 3 rings (SSSR count). The molecule has 3 heteroatoms. The van der Waals surface area contributed by atoms with Crippen LogP contribution in [0.25, 0.3) is 10.9 Å². The van der Waals surface area contributed by atoms with Gasteiger partial charge in [0.15, 0.2) is 0 Å². The molecule has 94 valence electrons. The summed E-state index contributed by atoms with van der Waals surface area (Å²) in [5.41, 5.74) is 3.35. The highest BCUT2D eigenvalue weighted by Gasteiger charge is 2.44. The second-order valence-electron chi connectivity index (χ2n) is 5.63. The van der Waals surface area contributed by atoms with Crippen LogP contribution in [0.2, 0.25) is 0 Å². The Morgan fingerprint density at radius 2 is 2.17 bits per heavy atom. The molecule has 1 heterocycles. The van der Waals surface area contributed by atoms with Crippen LogP contribution >= 0.6 is 0 Å². The lowest BCUT2D eigenvalue weighted by Crippen LogP contribution is -2.29. The van der Waals surface area contributed by atoms with Gasteiger partial charge in [0.05, 0.1) is 6.54 Å². The minimum atomic E-state index is -0.0946. The highest BCUT2D eigenvalue weighted by Crippen LogP contribution is 2.45. The molecule has 0 unspecified atom stereocenters. The normalized spacial score (nSPS) is 16.8. The minimum absolute atomic E-state index is 0.0946. The topological polar surface area (TPSA) is 44.9 Å². The van der Waals surface area contributed by atoms with Gasteiger partial charge < -0.3 is 10.3 Å². The molecule has 1 aliphatic carbocycles. The van der Waals surface area contributed by atoms with Crippen LogP contribution in [-0.4, -0.2) is 10.9 Å². The van der Waals surface area contributed by atoms with Gasteiger partial charge in [-0.15, -0.1) is 0 Å². The SMILES string of the molecule is Cc1ccc2cc(CNC(=O)C3(C)CC3)[nH]c2c1. The number of nitrogens with one attached hydrogen (secondary N) is 2. The van der Waals surface area contributed by atoms with Gasteiger partial charge in [-0.3, -0.25) is 4.79 Å². The number of fused-ring (bicyclic) bond motifs is 1. The fourth-order valence-corrected chi connectivity index (χ4v) is 2.20. The standard InChI is InChI=1S/C15H18N2O/c1-10-3-4-11-8-12(17-13(11)7-10)9-16-14(18)15(2)5-6-15/h3-4,7-8,17H,5-6,9H2,1-2H3,(H,16,18). The van der Waals surface area contributed by atoms with E-state index in [9.17, 15) is 4.79 Å². The van der Waals surface area contributed by atoms with E-state index in [2.05, 4.69) is 41.5 Å². The first-order valence-electron chi connectivity index (χ1n) is 6.43. The zero-order valence-electron chi connectivity index (χ0n) is 10.8. The van der Waals surface area contributed by atoms with Gasteiger partial charge in [-0.25, -0.2) is 0 Å². The first-order valence-corrected chi connectivity index (χ1v) is 6.43. The van der Waals surface area contributed by atoms with Crippen molar-refractivity contribution in [2.75, 3.05) is 0 Å². The monoisotopic (exact) mass is 242 g/mol. The fraction of sp³-hybridized carbons (Fsp3) is 0.400. The molecule has 3 nitrogen and oxygen atoms in total. The van der Waals surface area contributed by atoms with Gasteiger partial charge in [0, 0.05) is 16.6 Å². The summed E-state index contributed by atoms with van der Waals surface area (Å²) in [7, 11) is 0. The number of hydrogen-bond donors (Lipinski definition) is 2. The Balaban J connectivity index is 1.73. The van der Waals surface area contributed by atoms with Crippen LogP contribution in [0, 0.1) is 12.3 Å². The summed E-state index contributed by atoms with van der Waals surface area (Å²) in [5.74, 6) is 0.178. The molecule has 0 saturated heterocycles. The molecule has 1 saturated carbocycles. The maximum atomic E-state index is 11.8. The predicted molar refractivity (Wildman–Crippen MR) is 72.2 cm³/mol. The Hall–Kier alpha value is -1.77. The van der Waals surface area contributed by atoms with Crippen molar-refractivity contribution in [2.24, 2.45) is 5.41 Å². The highest BCUT2D eigenvalue weighted by atomic mass is 16.2. The molecule has 2 aromatic rings. The molecule has 1 aliphatic rings. The summed E-state index contributed by atoms with van der Waals surface area (Å²) < 4.78 is 0. The molecule has 2 N–H and O–H groups in total. The third-order valence-corrected chi connectivity index (χ3v) is 3.82. The lowest BCUT2D eigenvalue weighted by Gasteiger charge is -2.08. The third-order valence-electron chi connectivity index (χ3n) is 3.82. The summed E-state index contributed by atoms with van der Waals surface area (Å²) in [5, 5.41) is 4.20. The molecule has 0 radical (unpaired) electrons. The van der Waals surface area contributed by atoms with Gasteiger partial charge in [0.25, 0.3) is 0 Å². The Kier molecular flexibility index (Phi) is 2.44. The number of rotatable bonds is 3. The largest absolute Gasteiger partial charge is 0.357 e. The van der Waals surface area contributed by atoms with E-state index in [0.717, 1.165) is 24.1 Å². The Bertz CT molecular complexity index is 608. The van der Waals surface area contributed by atoms with Crippen molar-refractivity contribution in [3.05, 3.63) is 35.5 Å². The number of hydrogen-bond acceptors (Lipinski definition) is 1. The zero-order chi connectivity index (χ0) is 12.8. The van der Waals surface area contributed by atoms with Gasteiger partial charge in [-0.1, -0.05) is 19.1 Å². The first-order chi connectivity index (χ1) is 8.57. The number of carbonyl (C=O) groups is 1. The summed E-state index contributed by atoms with van der Waals surface area (Å²) in [4.78, 5) is 15.2. The smallest absolute Gasteiger partial charge is 0.226 e. The molecule has 0 atom stereocenters.